The van der Waals surface area contributed by atoms with Crippen molar-refractivity contribution in [2.75, 3.05) is 12.9 Å². The first-order valence-electron chi connectivity index (χ1n) is 4.32. The molecule has 1 heterocycles. The first-order valence-corrected chi connectivity index (χ1v) is 5.54. The van der Waals surface area contributed by atoms with E-state index in [1.807, 2.05) is 0 Å². The van der Waals surface area contributed by atoms with Crippen LogP contribution < -0.4 is 5.73 Å². The van der Waals surface area contributed by atoms with Crippen LogP contribution in [0.25, 0.3) is 0 Å². The predicted molar refractivity (Wildman–Crippen MR) is 54.8 cm³/mol. The standard InChI is InChI=1S/C10H13NOS/c1-13-10-4-2-3-7-8(10)5-12-6-9(7)11/h2-4,9H,5-6,11H2,1H3/t9-/m1/s1. The number of benzene rings is 1. The van der Waals surface area contributed by atoms with E-state index in [2.05, 4.69) is 24.5 Å². The Morgan fingerprint density at radius 1 is 1.54 bits per heavy atom. The fourth-order valence-corrected chi connectivity index (χ4v) is 2.29. The van der Waals surface area contributed by atoms with Crippen LogP contribution in [-0.2, 0) is 11.3 Å². The normalized spacial score (nSPS) is 21.2. The molecule has 3 heteroatoms. The zero-order chi connectivity index (χ0) is 9.26. The lowest BCUT2D eigenvalue weighted by Gasteiger charge is -2.24. The molecule has 13 heavy (non-hydrogen) atoms. The van der Waals surface area contributed by atoms with Gasteiger partial charge in [0.05, 0.1) is 19.3 Å². The van der Waals surface area contributed by atoms with Gasteiger partial charge in [-0.25, -0.2) is 0 Å². The van der Waals surface area contributed by atoms with Gasteiger partial charge in [0.15, 0.2) is 0 Å². The molecule has 2 N–H and O–H groups in total. The second-order valence-corrected chi connectivity index (χ2v) is 4.00. The smallest absolute Gasteiger partial charge is 0.0731 e. The Kier molecular flexibility index (Phi) is 2.58. The van der Waals surface area contributed by atoms with Crippen LogP contribution in [0.4, 0.5) is 0 Å². The fraction of sp³-hybridized carbons (Fsp3) is 0.400. The largest absolute Gasteiger partial charge is 0.375 e. The van der Waals surface area contributed by atoms with Gasteiger partial charge in [0.1, 0.15) is 0 Å². The molecular weight excluding hydrogens is 182 g/mol. The van der Waals surface area contributed by atoms with E-state index in [1.165, 1.54) is 16.0 Å². The summed E-state index contributed by atoms with van der Waals surface area (Å²) < 4.78 is 5.41. The van der Waals surface area contributed by atoms with Gasteiger partial charge >= 0.3 is 0 Å². The van der Waals surface area contributed by atoms with Crippen LogP contribution in [0.3, 0.4) is 0 Å². The van der Waals surface area contributed by atoms with E-state index >= 15 is 0 Å². The van der Waals surface area contributed by atoms with E-state index in [0.29, 0.717) is 13.2 Å². The van der Waals surface area contributed by atoms with Crippen molar-refractivity contribution in [1.82, 2.24) is 0 Å². The monoisotopic (exact) mass is 195 g/mol. The van der Waals surface area contributed by atoms with Gasteiger partial charge in [0.2, 0.25) is 0 Å². The Labute approximate surface area is 82.5 Å². The number of fused-ring (bicyclic) bond motifs is 1. The van der Waals surface area contributed by atoms with Crippen LogP contribution in [-0.4, -0.2) is 12.9 Å². The summed E-state index contributed by atoms with van der Waals surface area (Å²) in [5, 5.41) is 0. The van der Waals surface area contributed by atoms with Gasteiger partial charge in [-0.2, -0.15) is 0 Å². The van der Waals surface area contributed by atoms with Gasteiger partial charge in [0.25, 0.3) is 0 Å². The number of hydrogen-bond acceptors (Lipinski definition) is 3. The maximum atomic E-state index is 5.94. The average molecular weight is 195 g/mol. The van der Waals surface area contributed by atoms with Gasteiger partial charge in [-0.15, -0.1) is 11.8 Å². The molecule has 0 radical (unpaired) electrons. The Balaban J connectivity index is 2.48. The van der Waals surface area contributed by atoms with E-state index in [-0.39, 0.29) is 6.04 Å². The second-order valence-electron chi connectivity index (χ2n) is 3.15. The van der Waals surface area contributed by atoms with E-state index in [4.69, 9.17) is 10.5 Å². The molecule has 0 aromatic heterocycles. The minimum absolute atomic E-state index is 0.0517. The molecule has 1 aliphatic rings. The van der Waals surface area contributed by atoms with Crippen LogP contribution in [0.5, 0.6) is 0 Å². The minimum Gasteiger partial charge on any atom is -0.375 e. The molecule has 0 bridgehead atoms. The summed E-state index contributed by atoms with van der Waals surface area (Å²) in [7, 11) is 0. The van der Waals surface area contributed by atoms with Crippen LogP contribution >= 0.6 is 11.8 Å². The molecule has 1 aliphatic heterocycles. The summed E-state index contributed by atoms with van der Waals surface area (Å²) in [5.41, 5.74) is 8.46. The summed E-state index contributed by atoms with van der Waals surface area (Å²) in [5.74, 6) is 0. The van der Waals surface area contributed by atoms with E-state index in [9.17, 15) is 0 Å². The van der Waals surface area contributed by atoms with Crippen molar-refractivity contribution in [1.29, 1.82) is 0 Å². The minimum atomic E-state index is 0.0517. The third kappa shape index (κ3) is 1.59. The van der Waals surface area contributed by atoms with Crippen molar-refractivity contribution in [2.45, 2.75) is 17.5 Å². The Hall–Kier alpha value is -0.510. The van der Waals surface area contributed by atoms with Crippen LogP contribution in [0, 0.1) is 0 Å². The van der Waals surface area contributed by atoms with E-state index in [0.717, 1.165) is 0 Å². The highest BCUT2D eigenvalue weighted by atomic mass is 32.2. The molecule has 2 rings (SSSR count). The second kappa shape index (κ2) is 3.70. The molecule has 0 aliphatic carbocycles. The summed E-state index contributed by atoms with van der Waals surface area (Å²) in [6, 6.07) is 6.33. The van der Waals surface area contributed by atoms with E-state index < -0.39 is 0 Å². The number of thioether (sulfide) groups is 1. The van der Waals surface area contributed by atoms with Crippen LogP contribution in [0.15, 0.2) is 23.1 Å². The Morgan fingerprint density at radius 2 is 2.38 bits per heavy atom. The first kappa shape index (κ1) is 9.06. The van der Waals surface area contributed by atoms with Gasteiger partial charge in [-0.1, -0.05) is 12.1 Å². The molecule has 1 aromatic rings. The van der Waals surface area contributed by atoms with Crippen molar-refractivity contribution in [3.05, 3.63) is 29.3 Å². The highest BCUT2D eigenvalue weighted by molar-refractivity contribution is 7.98. The summed E-state index contributed by atoms with van der Waals surface area (Å²) >= 11 is 1.75. The van der Waals surface area contributed by atoms with Crippen molar-refractivity contribution < 1.29 is 4.74 Å². The molecule has 1 aromatic carbocycles. The Morgan fingerprint density at radius 3 is 3.15 bits per heavy atom. The summed E-state index contributed by atoms with van der Waals surface area (Å²) in [6.07, 6.45) is 2.08. The molecule has 0 unspecified atom stereocenters. The average Bonchev–Trinajstić information content (AvgIpc) is 2.18. The van der Waals surface area contributed by atoms with E-state index in [1.54, 1.807) is 11.8 Å². The molecule has 0 spiro atoms. The van der Waals surface area contributed by atoms with Gasteiger partial charge in [-0.3, -0.25) is 0 Å². The molecule has 0 amide bonds. The fourth-order valence-electron chi connectivity index (χ4n) is 1.65. The Bertz CT molecular complexity index is 314. The molecule has 0 fully saturated rings. The summed E-state index contributed by atoms with van der Waals surface area (Å²) in [6.45, 7) is 1.35. The SMILES string of the molecule is CSc1cccc2c1COC[C@H]2N. The molecule has 70 valence electrons. The number of ether oxygens (including phenoxy) is 1. The topological polar surface area (TPSA) is 35.2 Å². The highest BCUT2D eigenvalue weighted by Gasteiger charge is 2.18. The van der Waals surface area contributed by atoms with Crippen molar-refractivity contribution >= 4 is 11.8 Å². The lowest BCUT2D eigenvalue weighted by Crippen LogP contribution is -2.23. The molecule has 0 saturated carbocycles. The quantitative estimate of drug-likeness (QED) is 0.695. The maximum Gasteiger partial charge on any atom is 0.0731 e. The predicted octanol–water partition coefficient (Wildman–Crippen LogP) is 1.94. The molecular formula is C10H13NOS. The molecule has 2 nitrogen and oxygen atoms in total. The number of rotatable bonds is 1. The zero-order valence-corrected chi connectivity index (χ0v) is 8.43. The number of nitrogens with two attached hydrogens (primary N) is 1. The van der Waals surface area contributed by atoms with Gasteiger partial charge < -0.3 is 10.5 Å². The van der Waals surface area contributed by atoms with Crippen LogP contribution in [0.1, 0.15) is 17.2 Å². The first-order chi connectivity index (χ1) is 6.33. The molecule has 1 atom stereocenters. The zero-order valence-electron chi connectivity index (χ0n) is 7.62. The van der Waals surface area contributed by atoms with Gasteiger partial charge in [-0.05, 0) is 23.4 Å². The van der Waals surface area contributed by atoms with Gasteiger partial charge in [0, 0.05) is 4.90 Å². The highest BCUT2D eigenvalue weighted by Crippen LogP contribution is 2.30. The molecule has 0 saturated heterocycles. The maximum absolute atomic E-state index is 5.94. The lowest BCUT2D eigenvalue weighted by atomic mass is 10.00. The number of hydrogen-bond donors (Lipinski definition) is 1. The van der Waals surface area contributed by atoms with Crippen molar-refractivity contribution in [3.63, 3.8) is 0 Å². The third-order valence-corrected chi connectivity index (χ3v) is 3.15. The third-order valence-electron chi connectivity index (χ3n) is 2.33. The van der Waals surface area contributed by atoms with Crippen molar-refractivity contribution in [3.8, 4) is 0 Å². The van der Waals surface area contributed by atoms with Crippen molar-refractivity contribution in [2.24, 2.45) is 5.73 Å². The lowest BCUT2D eigenvalue weighted by molar-refractivity contribution is 0.0905. The summed E-state index contributed by atoms with van der Waals surface area (Å²) in [4.78, 5) is 1.28. The van der Waals surface area contributed by atoms with Crippen LogP contribution in [0.2, 0.25) is 0 Å².